The van der Waals surface area contributed by atoms with Crippen molar-refractivity contribution in [2.24, 2.45) is 0 Å². The molecule has 10 N–H and O–H groups in total. The maximum atomic E-state index is 11.4. The van der Waals surface area contributed by atoms with Gasteiger partial charge in [0.1, 0.15) is 48.8 Å². The van der Waals surface area contributed by atoms with Crippen LogP contribution in [-0.2, 0) is 39.2 Å². The summed E-state index contributed by atoms with van der Waals surface area (Å²) in [7, 11) is -10.6. The van der Waals surface area contributed by atoms with Crippen molar-refractivity contribution >= 4 is 26.1 Å². The summed E-state index contributed by atoms with van der Waals surface area (Å²) in [6.45, 7) is 0.960. The Bertz CT molecular complexity index is 942. The minimum Gasteiger partial charge on any atom is -0.388 e. The summed E-state index contributed by atoms with van der Waals surface area (Å²) in [5.74, 6) is -0.830. The fourth-order valence-corrected chi connectivity index (χ4v) is 4.51. The van der Waals surface area contributed by atoms with Crippen molar-refractivity contribution in [1.29, 1.82) is 0 Å². The molecule has 0 aromatic heterocycles. The Morgan fingerprint density at radius 1 is 0.824 bits per heavy atom. The summed E-state index contributed by atoms with van der Waals surface area (Å²) < 4.78 is 78.3. The topological polar surface area (TPSA) is 307 Å². The van der Waals surface area contributed by atoms with Crippen LogP contribution >= 0.6 is 0 Å². The quantitative estimate of drug-likeness (QED) is 0.133. The van der Waals surface area contributed by atoms with Crippen LogP contribution in [0.25, 0.3) is 0 Å². The van der Waals surface area contributed by atoms with Crippen LogP contribution in [0.4, 0.5) is 0 Å². The first-order valence-corrected chi connectivity index (χ1v) is 12.3. The smallest absolute Gasteiger partial charge is 0.294 e. The molecule has 0 spiro atoms. The zero-order valence-corrected chi connectivity index (χ0v) is 18.7. The van der Waals surface area contributed by atoms with Gasteiger partial charge in [-0.05, 0) is 0 Å². The number of amides is 1. The molecule has 18 nitrogen and oxygen atoms in total. The zero-order valence-electron chi connectivity index (χ0n) is 17.0. The lowest BCUT2D eigenvalue weighted by atomic mass is 9.95. The third-order valence-corrected chi connectivity index (χ3v) is 6.83. The summed E-state index contributed by atoms with van der Waals surface area (Å²) in [5.41, 5.74) is -5.77. The van der Waals surface area contributed by atoms with Crippen LogP contribution in [0.2, 0.25) is 0 Å². The molecule has 34 heavy (non-hydrogen) atoms. The molecule has 2 unspecified atom stereocenters. The number of aliphatic hydroxyl groups excluding tert-OH is 7. The Labute approximate surface area is 191 Å². The normalized spacial score (nSPS) is 41.5. The second kappa shape index (κ2) is 10.5. The molecule has 0 aromatic carbocycles. The highest BCUT2D eigenvalue weighted by Crippen LogP contribution is 2.32. The lowest BCUT2D eigenvalue weighted by Gasteiger charge is -2.47. The molecular formula is C14H25NO17S2. The molecule has 0 bridgehead atoms. The van der Waals surface area contributed by atoms with Gasteiger partial charge < -0.3 is 55.3 Å². The van der Waals surface area contributed by atoms with Gasteiger partial charge >= 0.3 is 0 Å². The maximum absolute atomic E-state index is 11.4. The van der Waals surface area contributed by atoms with Gasteiger partial charge in [-0.2, -0.15) is 16.8 Å². The van der Waals surface area contributed by atoms with Gasteiger partial charge in [0, 0.05) is 6.92 Å². The Morgan fingerprint density at radius 3 is 1.79 bits per heavy atom. The molecule has 200 valence electrons. The third kappa shape index (κ3) is 6.17. The van der Waals surface area contributed by atoms with Crippen LogP contribution in [0.15, 0.2) is 0 Å². The summed E-state index contributed by atoms with van der Waals surface area (Å²) in [5, 5.41) is 72.3. The lowest BCUT2D eigenvalue weighted by Crippen LogP contribution is -2.69. The maximum Gasteiger partial charge on any atom is 0.294 e. The second-order valence-electron chi connectivity index (χ2n) is 7.56. The Kier molecular flexibility index (Phi) is 8.97. The second-order valence-corrected chi connectivity index (χ2v) is 10.6. The van der Waals surface area contributed by atoms with E-state index >= 15 is 0 Å². The zero-order chi connectivity index (χ0) is 26.3. The first-order valence-electron chi connectivity index (χ1n) is 9.30. The fraction of sp³-hybridized carbons (Fsp3) is 0.929. The van der Waals surface area contributed by atoms with Gasteiger partial charge in [-0.1, -0.05) is 0 Å². The van der Waals surface area contributed by atoms with Gasteiger partial charge in [0.05, 0.1) is 0 Å². The average molecular weight is 543 g/mol. The summed E-state index contributed by atoms with van der Waals surface area (Å²) in [6, 6.07) is -1.75. The number of carbonyl (C=O) groups is 1. The molecule has 0 radical (unpaired) electrons. The van der Waals surface area contributed by atoms with E-state index in [9.17, 15) is 57.4 Å². The molecule has 2 aliphatic rings. The van der Waals surface area contributed by atoms with E-state index in [1.54, 1.807) is 0 Å². The van der Waals surface area contributed by atoms with E-state index in [1.165, 1.54) is 0 Å². The number of carbonyl (C=O) groups excluding carboxylic acids is 1. The highest BCUT2D eigenvalue weighted by molar-refractivity contribution is 7.86. The minimum atomic E-state index is -5.34. The van der Waals surface area contributed by atoms with Crippen LogP contribution in [0.5, 0.6) is 0 Å². The minimum absolute atomic E-state index is 0.830. The monoisotopic (exact) mass is 543 g/mol. The molecular weight excluding hydrogens is 518 g/mol. The van der Waals surface area contributed by atoms with E-state index in [-0.39, 0.29) is 0 Å². The molecule has 0 saturated carbocycles. The predicted molar refractivity (Wildman–Crippen MR) is 101 cm³/mol. The predicted octanol–water partition coefficient (Wildman–Crippen LogP) is -6.83. The molecule has 0 aromatic rings. The number of hydrogen-bond donors (Lipinski definition) is 10. The van der Waals surface area contributed by atoms with Crippen molar-refractivity contribution in [2.75, 3.05) is 0 Å². The first-order chi connectivity index (χ1) is 15.4. The standard InChI is InChI=1S/C14H25NO17S2/c1-2(16)15-3-4(17)8(10(30-11(3)21)13(23)34(27,28)29)31-14-7(20)5(18)6(19)9(32-14)12(22)33(24,25)26/h3-14,17-23H,1H3,(H,15,16)(H,24,25,26)(H,27,28,29)/t3-,4-,5-,6+,7+,8+,9-,10+,11-,12?,13?,14+/m0/s1. The van der Waals surface area contributed by atoms with Crippen molar-refractivity contribution in [3.63, 3.8) is 0 Å². The average Bonchev–Trinajstić information content (AvgIpc) is 2.70. The van der Waals surface area contributed by atoms with Gasteiger partial charge in [0.15, 0.2) is 12.6 Å². The van der Waals surface area contributed by atoms with Gasteiger partial charge in [-0.25, -0.2) is 0 Å². The van der Waals surface area contributed by atoms with E-state index in [0.29, 0.717) is 0 Å². The van der Waals surface area contributed by atoms with Crippen molar-refractivity contribution in [2.45, 2.75) is 79.1 Å². The van der Waals surface area contributed by atoms with Crippen molar-refractivity contribution in [1.82, 2.24) is 5.32 Å². The molecule has 20 heteroatoms. The Morgan fingerprint density at radius 2 is 1.32 bits per heavy atom. The molecule has 2 aliphatic heterocycles. The van der Waals surface area contributed by atoms with Crippen LogP contribution < -0.4 is 5.32 Å². The number of hydrogen-bond acceptors (Lipinski definition) is 15. The largest absolute Gasteiger partial charge is 0.388 e. The van der Waals surface area contributed by atoms with Crippen LogP contribution in [-0.4, -0.2) is 140 Å². The molecule has 2 heterocycles. The van der Waals surface area contributed by atoms with Crippen LogP contribution in [0.3, 0.4) is 0 Å². The number of rotatable bonds is 7. The van der Waals surface area contributed by atoms with Crippen molar-refractivity contribution in [3.05, 3.63) is 0 Å². The summed E-state index contributed by atoms with van der Waals surface area (Å²) in [6.07, 6.45) is -20.4. The summed E-state index contributed by atoms with van der Waals surface area (Å²) >= 11 is 0. The SMILES string of the molecule is CC(=O)N[C@H]1[C@H](O)[C@@H](O[C@@H]2O[C@H](C(O)S(=O)(=O)O)[C@H](O)[C@H](O)[C@H]2O)[C@H](C(O)S(=O)(=O)O)O[C@@H]1O. The molecule has 1 amide bonds. The molecule has 12 atom stereocenters. The van der Waals surface area contributed by atoms with Crippen LogP contribution in [0, 0.1) is 0 Å². The Balaban J connectivity index is 2.42. The van der Waals surface area contributed by atoms with Gasteiger partial charge in [-0.3, -0.25) is 13.9 Å². The van der Waals surface area contributed by atoms with E-state index in [1.807, 2.05) is 5.32 Å². The fourth-order valence-electron chi connectivity index (χ4n) is 3.38. The van der Waals surface area contributed by atoms with Crippen LogP contribution in [0.1, 0.15) is 6.92 Å². The Hall–Kier alpha value is -1.11. The van der Waals surface area contributed by atoms with Gasteiger partial charge in [0.25, 0.3) is 20.2 Å². The lowest BCUT2D eigenvalue weighted by molar-refractivity contribution is -0.348. The van der Waals surface area contributed by atoms with E-state index in [0.717, 1.165) is 6.92 Å². The number of aliphatic hydroxyl groups is 7. The first kappa shape index (κ1) is 29.1. The summed E-state index contributed by atoms with van der Waals surface area (Å²) in [4.78, 5) is 11.4. The molecule has 0 aliphatic carbocycles. The highest BCUT2D eigenvalue weighted by atomic mass is 32.2. The number of nitrogens with one attached hydrogen (secondary N) is 1. The van der Waals surface area contributed by atoms with Gasteiger partial charge in [0.2, 0.25) is 16.8 Å². The van der Waals surface area contributed by atoms with E-state index in [4.69, 9.17) is 23.3 Å². The van der Waals surface area contributed by atoms with E-state index < -0.39 is 98.4 Å². The molecule has 2 fully saturated rings. The van der Waals surface area contributed by atoms with Crippen molar-refractivity contribution < 1.29 is 80.7 Å². The van der Waals surface area contributed by atoms with Crippen molar-refractivity contribution in [3.8, 4) is 0 Å². The number of ether oxygens (including phenoxy) is 3. The molecule has 2 rings (SSSR count). The van der Waals surface area contributed by atoms with E-state index in [2.05, 4.69) is 0 Å². The highest BCUT2D eigenvalue weighted by Gasteiger charge is 2.55. The third-order valence-electron chi connectivity index (χ3n) is 5.07. The molecule has 2 saturated heterocycles. The van der Waals surface area contributed by atoms with Gasteiger partial charge in [-0.15, -0.1) is 0 Å².